The van der Waals surface area contributed by atoms with E-state index < -0.39 is 6.09 Å². The van der Waals surface area contributed by atoms with Crippen molar-refractivity contribution in [3.05, 3.63) is 53.3 Å². The molecule has 0 fully saturated rings. The number of carbonyl (C=O) groups excluding carboxylic acids is 1. The van der Waals surface area contributed by atoms with Crippen LogP contribution in [0.1, 0.15) is 17.0 Å². The number of para-hydroxylation sites is 1. The van der Waals surface area contributed by atoms with Crippen molar-refractivity contribution in [1.82, 2.24) is 9.88 Å². The maximum atomic E-state index is 10.5. The molecule has 0 atom stereocenters. The summed E-state index contributed by atoms with van der Waals surface area (Å²) in [5.74, 6) is 0. The number of aryl methyl sites for hydroxylation is 1. The maximum Gasteiger partial charge on any atom is 0.404 e. The summed E-state index contributed by atoms with van der Waals surface area (Å²) in [5.41, 5.74) is 9.71. The van der Waals surface area contributed by atoms with Crippen LogP contribution in [-0.4, -0.2) is 23.8 Å². The van der Waals surface area contributed by atoms with E-state index in [0.717, 1.165) is 12.2 Å². The molecule has 1 aromatic heterocycles. The third-order valence-electron chi connectivity index (χ3n) is 3.39. The molecule has 0 radical (unpaired) electrons. The van der Waals surface area contributed by atoms with E-state index in [1.165, 1.54) is 17.0 Å². The van der Waals surface area contributed by atoms with Crippen LogP contribution in [-0.2, 0) is 11.3 Å². The minimum absolute atomic E-state index is 0.284. The van der Waals surface area contributed by atoms with Gasteiger partial charge in [-0.25, -0.2) is 4.79 Å². The zero-order chi connectivity index (χ0) is 15.2. The van der Waals surface area contributed by atoms with Crippen LogP contribution in [0.5, 0.6) is 0 Å². The Morgan fingerprint density at radius 1 is 1.29 bits per heavy atom. The van der Waals surface area contributed by atoms with E-state index in [1.54, 1.807) is 0 Å². The fourth-order valence-corrected chi connectivity index (χ4v) is 2.43. The molecule has 3 N–H and O–H groups in total. The molecule has 0 saturated carbocycles. The Hall–Kier alpha value is -2.27. The summed E-state index contributed by atoms with van der Waals surface area (Å²) in [7, 11) is 0. The van der Waals surface area contributed by atoms with Gasteiger partial charge in [0.25, 0.3) is 0 Å². The second-order valence-electron chi connectivity index (χ2n) is 4.91. The molecule has 0 unspecified atom stereocenters. The molecule has 21 heavy (non-hydrogen) atoms. The zero-order valence-electron chi connectivity index (χ0n) is 12.4. The number of rotatable bonds is 6. The summed E-state index contributed by atoms with van der Waals surface area (Å²) in [6.07, 6.45) is -0.737. The Labute approximate surface area is 124 Å². The van der Waals surface area contributed by atoms with Crippen molar-refractivity contribution in [2.75, 3.05) is 13.2 Å². The Kier molecular flexibility index (Phi) is 5.00. The van der Waals surface area contributed by atoms with Gasteiger partial charge in [0.1, 0.15) is 6.61 Å². The van der Waals surface area contributed by atoms with Gasteiger partial charge in [0.15, 0.2) is 0 Å². The lowest BCUT2D eigenvalue weighted by Crippen LogP contribution is -2.23. The van der Waals surface area contributed by atoms with E-state index in [-0.39, 0.29) is 6.61 Å². The first kappa shape index (κ1) is 15.1. The van der Waals surface area contributed by atoms with Crippen LogP contribution >= 0.6 is 0 Å². The van der Waals surface area contributed by atoms with Gasteiger partial charge in [-0.05, 0) is 37.6 Å². The van der Waals surface area contributed by atoms with Gasteiger partial charge in [0.2, 0.25) is 0 Å². The monoisotopic (exact) mass is 287 g/mol. The fraction of sp³-hybridized carbons (Fsp3) is 0.312. The number of hydrogen-bond acceptors (Lipinski definition) is 3. The molecule has 5 heteroatoms. The van der Waals surface area contributed by atoms with Gasteiger partial charge < -0.3 is 20.4 Å². The smallest absolute Gasteiger partial charge is 0.404 e. The standard InChI is InChI=1S/C16H21N3O2/c1-12-10-14(11-18-8-9-21-16(17)20)13(2)19(12)15-6-4-3-5-7-15/h3-7,10,18H,8-9,11H2,1-2H3,(H2,17,20). The molecule has 1 aromatic carbocycles. The van der Waals surface area contributed by atoms with Crippen LogP contribution in [0.4, 0.5) is 4.79 Å². The second kappa shape index (κ2) is 6.95. The third-order valence-corrected chi connectivity index (χ3v) is 3.39. The molecular weight excluding hydrogens is 266 g/mol. The number of nitrogens with two attached hydrogens (primary N) is 1. The molecule has 0 saturated heterocycles. The minimum atomic E-state index is -0.737. The highest BCUT2D eigenvalue weighted by Gasteiger charge is 2.09. The highest BCUT2D eigenvalue weighted by Crippen LogP contribution is 2.20. The number of hydrogen-bond donors (Lipinski definition) is 2. The van der Waals surface area contributed by atoms with Crippen molar-refractivity contribution in [3.63, 3.8) is 0 Å². The van der Waals surface area contributed by atoms with Crippen molar-refractivity contribution in [2.24, 2.45) is 5.73 Å². The van der Waals surface area contributed by atoms with E-state index in [1.807, 2.05) is 18.2 Å². The van der Waals surface area contributed by atoms with Crippen LogP contribution in [0.3, 0.4) is 0 Å². The lowest BCUT2D eigenvalue weighted by Gasteiger charge is -2.10. The average molecular weight is 287 g/mol. The molecule has 112 valence electrons. The highest BCUT2D eigenvalue weighted by molar-refractivity contribution is 5.64. The molecule has 0 spiro atoms. The number of carbonyl (C=O) groups is 1. The Balaban J connectivity index is 2.01. The predicted molar refractivity (Wildman–Crippen MR) is 82.5 cm³/mol. The van der Waals surface area contributed by atoms with E-state index in [0.29, 0.717) is 6.54 Å². The zero-order valence-corrected chi connectivity index (χ0v) is 12.4. The van der Waals surface area contributed by atoms with Crippen LogP contribution < -0.4 is 11.1 Å². The normalized spacial score (nSPS) is 10.6. The highest BCUT2D eigenvalue weighted by atomic mass is 16.5. The first-order valence-electron chi connectivity index (χ1n) is 6.96. The van der Waals surface area contributed by atoms with E-state index in [2.05, 4.69) is 46.7 Å². The molecule has 0 aliphatic carbocycles. The molecule has 5 nitrogen and oxygen atoms in total. The summed E-state index contributed by atoms with van der Waals surface area (Å²) >= 11 is 0. The number of nitrogens with zero attached hydrogens (tertiary/aromatic N) is 1. The van der Waals surface area contributed by atoms with E-state index in [4.69, 9.17) is 5.73 Å². The van der Waals surface area contributed by atoms with Gasteiger partial charge in [-0.2, -0.15) is 0 Å². The lowest BCUT2D eigenvalue weighted by molar-refractivity contribution is 0.157. The topological polar surface area (TPSA) is 69.3 Å². The van der Waals surface area contributed by atoms with Crippen LogP contribution in [0.25, 0.3) is 5.69 Å². The van der Waals surface area contributed by atoms with Gasteiger partial charge in [0, 0.05) is 30.2 Å². The summed E-state index contributed by atoms with van der Waals surface area (Å²) < 4.78 is 6.91. The van der Waals surface area contributed by atoms with Crippen molar-refractivity contribution in [1.29, 1.82) is 0 Å². The number of benzene rings is 1. The summed E-state index contributed by atoms with van der Waals surface area (Å²) in [6.45, 7) is 5.80. The molecule has 0 bridgehead atoms. The van der Waals surface area contributed by atoms with Gasteiger partial charge in [-0.15, -0.1) is 0 Å². The largest absolute Gasteiger partial charge is 0.448 e. The van der Waals surface area contributed by atoms with Gasteiger partial charge in [-0.3, -0.25) is 0 Å². The van der Waals surface area contributed by atoms with Gasteiger partial charge in [-0.1, -0.05) is 18.2 Å². The molecule has 0 aliphatic heterocycles. The first-order valence-corrected chi connectivity index (χ1v) is 6.96. The Morgan fingerprint density at radius 3 is 2.67 bits per heavy atom. The van der Waals surface area contributed by atoms with Crippen LogP contribution in [0.2, 0.25) is 0 Å². The molecule has 1 heterocycles. The van der Waals surface area contributed by atoms with Crippen molar-refractivity contribution in [2.45, 2.75) is 20.4 Å². The quantitative estimate of drug-likeness (QED) is 0.801. The van der Waals surface area contributed by atoms with Crippen molar-refractivity contribution < 1.29 is 9.53 Å². The molecular formula is C16H21N3O2. The molecule has 1 amide bonds. The minimum Gasteiger partial charge on any atom is -0.448 e. The predicted octanol–water partition coefficient (Wildman–Crippen LogP) is 2.28. The SMILES string of the molecule is Cc1cc(CNCCOC(N)=O)c(C)n1-c1ccccc1. The fourth-order valence-electron chi connectivity index (χ4n) is 2.43. The van der Waals surface area contributed by atoms with Gasteiger partial charge in [0.05, 0.1) is 0 Å². The average Bonchev–Trinajstić information content (AvgIpc) is 2.74. The lowest BCUT2D eigenvalue weighted by atomic mass is 10.2. The van der Waals surface area contributed by atoms with E-state index >= 15 is 0 Å². The summed E-state index contributed by atoms with van der Waals surface area (Å²) in [6, 6.07) is 12.4. The number of amides is 1. The Morgan fingerprint density at radius 2 is 2.00 bits per heavy atom. The number of nitrogens with one attached hydrogen (secondary N) is 1. The molecule has 0 aliphatic rings. The first-order chi connectivity index (χ1) is 10.1. The Bertz CT molecular complexity index is 605. The van der Waals surface area contributed by atoms with Crippen molar-refractivity contribution in [3.8, 4) is 5.69 Å². The molecule has 2 aromatic rings. The summed E-state index contributed by atoms with van der Waals surface area (Å²) in [4.78, 5) is 10.5. The van der Waals surface area contributed by atoms with Crippen LogP contribution in [0, 0.1) is 13.8 Å². The van der Waals surface area contributed by atoms with E-state index in [9.17, 15) is 4.79 Å². The molecule has 2 rings (SSSR count). The van der Waals surface area contributed by atoms with Crippen molar-refractivity contribution >= 4 is 6.09 Å². The number of primary amides is 1. The van der Waals surface area contributed by atoms with Gasteiger partial charge >= 0.3 is 6.09 Å². The summed E-state index contributed by atoms with van der Waals surface area (Å²) in [5, 5.41) is 3.24. The maximum absolute atomic E-state index is 10.5. The number of aromatic nitrogens is 1. The van der Waals surface area contributed by atoms with Crippen LogP contribution in [0.15, 0.2) is 36.4 Å². The third kappa shape index (κ3) is 3.86. The second-order valence-corrected chi connectivity index (χ2v) is 4.91. The number of ether oxygens (including phenoxy) is 1.